The van der Waals surface area contributed by atoms with E-state index >= 15 is 0 Å². The summed E-state index contributed by atoms with van der Waals surface area (Å²) in [5, 5.41) is 12.1. The molecule has 10 heteroatoms. The van der Waals surface area contributed by atoms with Gasteiger partial charge in [0.1, 0.15) is 23.0 Å². The summed E-state index contributed by atoms with van der Waals surface area (Å²) in [5.74, 6) is 2.12. The number of nitrogens with zero attached hydrogens (tertiary/aromatic N) is 7. The van der Waals surface area contributed by atoms with Crippen LogP contribution in [-0.2, 0) is 0 Å². The van der Waals surface area contributed by atoms with Crippen molar-refractivity contribution in [3.8, 4) is 23.0 Å². The minimum absolute atomic E-state index is 0.0264. The van der Waals surface area contributed by atoms with Crippen LogP contribution in [-0.4, -0.2) is 53.3 Å². The second-order valence-electron chi connectivity index (χ2n) is 8.81. The van der Waals surface area contributed by atoms with E-state index in [2.05, 4.69) is 35.5 Å². The molecule has 0 aliphatic heterocycles. The monoisotopic (exact) mass is 492 g/mol. The number of hydrogen-bond donors (Lipinski definition) is 1. The van der Waals surface area contributed by atoms with Crippen LogP contribution in [0.3, 0.4) is 0 Å². The molecule has 0 spiro atoms. The lowest BCUT2D eigenvalue weighted by molar-refractivity contribution is 0.0902. The number of fused-ring (bicyclic) bond motifs is 1. The van der Waals surface area contributed by atoms with Gasteiger partial charge < -0.3 is 10.1 Å². The van der Waals surface area contributed by atoms with Gasteiger partial charge in [0.2, 0.25) is 0 Å². The third-order valence-corrected chi connectivity index (χ3v) is 6.41. The van der Waals surface area contributed by atoms with Crippen LogP contribution in [0.1, 0.15) is 42.0 Å². The van der Waals surface area contributed by atoms with Crippen LogP contribution in [0.15, 0.2) is 73.3 Å². The van der Waals surface area contributed by atoms with Crippen molar-refractivity contribution in [1.29, 1.82) is 0 Å². The van der Waals surface area contributed by atoms with Crippen molar-refractivity contribution in [1.82, 2.24) is 40.0 Å². The van der Waals surface area contributed by atoms with E-state index in [9.17, 15) is 4.79 Å². The summed E-state index contributed by atoms with van der Waals surface area (Å²) in [7, 11) is 0. The quantitative estimate of drug-likeness (QED) is 0.365. The minimum Gasteiger partial charge on any atom is -0.492 e. The smallest absolute Gasteiger partial charge is 0.270 e. The predicted octanol–water partition coefficient (Wildman–Crippen LogP) is 3.74. The standard InChI is InChI=1S/C27H24N8O2/c1-2-37-20-5-6-23(30-16-20)26-34-33-25(35(26)19-9-12-28-13-10-19)17-14-18(15-17)31-27(36)24-8-7-21-22(32-24)4-3-11-29-21/h3-13,16-18H,2,14-15H2,1H3,(H,31,36). The first-order chi connectivity index (χ1) is 18.2. The average molecular weight is 493 g/mol. The number of carbonyl (C=O) groups is 1. The number of pyridine rings is 4. The van der Waals surface area contributed by atoms with Gasteiger partial charge in [-0.1, -0.05) is 0 Å². The normalized spacial score (nSPS) is 16.8. The van der Waals surface area contributed by atoms with Crippen LogP contribution in [0.5, 0.6) is 5.75 Å². The first-order valence-electron chi connectivity index (χ1n) is 12.2. The molecule has 1 aliphatic rings. The van der Waals surface area contributed by atoms with Gasteiger partial charge in [0.05, 0.1) is 29.5 Å². The van der Waals surface area contributed by atoms with E-state index in [-0.39, 0.29) is 17.9 Å². The molecule has 1 amide bonds. The highest BCUT2D eigenvalue weighted by Crippen LogP contribution is 2.38. The Balaban J connectivity index is 1.21. The van der Waals surface area contributed by atoms with Crippen LogP contribution >= 0.6 is 0 Å². The van der Waals surface area contributed by atoms with Crippen molar-refractivity contribution in [2.24, 2.45) is 0 Å². The molecule has 0 saturated heterocycles. The molecular weight excluding hydrogens is 468 g/mol. The molecule has 0 bridgehead atoms. The van der Waals surface area contributed by atoms with Gasteiger partial charge in [-0.05, 0) is 68.3 Å². The second kappa shape index (κ2) is 9.73. The molecule has 5 aromatic heterocycles. The first kappa shape index (κ1) is 22.7. The van der Waals surface area contributed by atoms with E-state index in [1.807, 2.05) is 54.0 Å². The summed E-state index contributed by atoms with van der Waals surface area (Å²) in [6.45, 7) is 2.51. The molecule has 0 unspecified atom stereocenters. The van der Waals surface area contributed by atoms with Gasteiger partial charge in [-0.2, -0.15) is 0 Å². The summed E-state index contributed by atoms with van der Waals surface area (Å²) in [4.78, 5) is 30.2. The van der Waals surface area contributed by atoms with E-state index < -0.39 is 0 Å². The number of aromatic nitrogens is 7. The van der Waals surface area contributed by atoms with Crippen LogP contribution in [0.25, 0.3) is 28.2 Å². The van der Waals surface area contributed by atoms with Crippen molar-refractivity contribution in [3.63, 3.8) is 0 Å². The Morgan fingerprint density at radius 2 is 1.86 bits per heavy atom. The predicted molar refractivity (Wildman–Crippen MR) is 136 cm³/mol. The molecule has 1 saturated carbocycles. The second-order valence-corrected chi connectivity index (χ2v) is 8.81. The van der Waals surface area contributed by atoms with Gasteiger partial charge >= 0.3 is 0 Å². The maximum atomic E-state index is 12.8. The van der Waals surface area contributed by atoms with Crippen molar-refractivity contribution in [2.75, 3.05) is 6.61 Å². The topological polar surface area (TPSA) is 121 Å². The number of nitrogens with one attached hydrogen (secondary N) is 1. The third kappa shape index (κ3) is 4.49. The van der Waals surface area contributed by atoms with Crippen molar-refractivity contribution in [2.45, 2.75) is 31.7 Å². The summed E-state index contributed by atoms with van der Waals surface area (Å²) in [6, 6.07) is 14.8. The lowest BCUT2D eigenvalue weighted by Gasteiger charge is -2.35. The lowest BCUT2D eigenvalue weighted by atomic mass is 9.79. The van der Waals surface area contributed by atoms with Gasteiger partial charge in [-0.3, -0.25) is 19.3 Å². The Morgan fingerprint density at radius 1 is 1.00 bits per heavy atom. The van der Waals surface area contributed by atoms with E-state index in [0.29, 0.717) is 35.1 Å². The van der Waals surface area contributed by atoms with Gasteiger partial charge in [0, 0.05) is 30.6 Å². The summed E-state index contributed by atoms with van der Waals surface area (Å²) < 4.78 is 7.54. The largest absolute Gasteiger partial charge is 0.492 e. The molecule has 5 aromatic rings. The van der Waals surface area contributed by atoms with Crippen LogP contribution < -0.4 is 10.1 Å². The fraction of sp³-hybridized carbons (Fsp3) is 0.222. The number of rotatable bonds is 7. The van der Waals surface area contributed by atoms with Crippen molar-refractivity contribution >= 4 is 16.9 Å². The van der Waals surface area contributed by atoms with Crippen molar-refractivity contribution in [3.05, 3.63) is 84.8 Å². The van der Waals surface area contributed by atoms with Crippen LogP contribution in [0.2, 0.25) is 0 Å². The Morgan fingerprint density at radius 3 is 2.65 bits per heavy atom. The molecule has 5 heterocycles. The Labute approximate surface area is 212 Å². The zero-order chi connectivity index (χ0) is 25.2. The molecule has 1 fully saturated rings. The van der Waals surface area contributed by atoms with Crippen LogP contribution in [0, 0.1) is 0 Å². The molecule has 1 N–H and O–H groups in total. The number of hydrogen-bond acceptors (Lipinski definition) is 8. The highest BCUT2D eigenvalue weighted by atomic mass is 16.5. The molecule has 0 aromatic carbocycles. The first-order valence-corrected chi connectivity index (χ1v) is 12.2. The average Bonchev–Trinajstić information content (AvgIpc) is 3.35. The maximum Gasteiger partial charge on any atom is 0.270 e. The van der Waals surface area contributed by atoms with Crippen molar-refractivity contribution < 1.29 is 9.53 Å². The summed E-state index contributed by atoms with van der Waals surface area (Å²) in [6.07, 6.45) is 8.38. The zero-order valence-electron chi connectivity index (χ0n) is 20.2. The summed E-state index contributed by atoms with van der Waals surface area (Å²) in [5.41, 5.74) is 3.44. The molecule has 0 radical (unpaired) electrons. The SMILES string of the molecule is CCOc1ccc(-c2nnc(C3CC(NC(=O)c4ccc5ncccc5n4)C3)n2-c2ccncc2)nc1. The Hall–Kier alpha value is -4.73. The number of carbonyl (C=O) groups excluding carboxylic acids is 1. The third-order valence-electron chi connectivity index (χ3n) is 6.41. The molecule has 37 heavy (non-hydrogen) atoms. The van der Waals surface area contributed by atoms with Crippen LogP contribution in [0.4, 0.5) is 0 Å². The number of amides is 1. The highest BCUT2D eigenvalue weighted by Gasteiger charge is 2.36. The summed E-state index contributed by atoms with van der Waals surface area (Å²) >= 11 is 0. The fourth-order valence-corrected chi connectivity index (χ4v) is 4.53. The number of ether oxygens (including phenoxy) is 1. The highest BCUT2D eigenvalue weighted by molar-refractivity contribution is 5.94. The van der Waals surface area contributed by atoms with Gasteiger partial charge in [0.25, 0.3) is 5.91 Å². The Kier molecular flexibility index (Phi) is 5.97. The fourth-order valence-electron chi connectivity index (χ4n) is 4.53. The van der Waals surface area contributed by atoms with Gasteiger partial charge in [-0.15, -0.1) is 10.2 Å². The van der Waals surface area contributed by atoms with Gasteiger partial charge in [-0.25, -0.2) is 9.97 Å². The molecular formula is C27H24N8O2. The molecule has 1 aliphatic carbocycles. The zero-order valence-corrected chi connectivity index (χ0v) is 20.2. The molecule has 6 rings (SSSR count). The molecule has 10 nitrogen and oxygen atoms in total. The lowest BCUT2D eigenvalue weighted by Crippen LogP contribution is -2.44. The Bertz CT molecular complexity index is 1550. The van der Waals surface area contributed by atoms with E-state index in [1.54, 1.807) is 30.9 Å². The molecule has 0 atom stereocenters. The minimum atomic E-state index is -0.191. The van der Waals surface area contributed by atoms with E-state index in [1.165, 1.54) is 0 Å². The van der Waals surface area contributed by atoms with Gasteiger partial charge in [0.15, 0.2) is 5.82 Å². The van der Waals surface area contributed by atoms with E-state index in [4.69, 9.17) is 4.74 Å². The maximum absolute atomic E-state index is 12.8. The molecule has 184 valence electrons. The van der Waals surface area contributed by atoms with E-state index in [0.717, 1.165) is 29.9 Å².